The molecule has 3 atom stereocenters. The molecule has 3 unspecified atom stereocenters. The van der Waals surface area contributed by atoms with E-state index in [9.17, 15) is 43.8 Å². The van der Waals surface area contributed by atoms with E-state index in [1.165, 1.54) is 83.5 Å². The fraction of sp³-hybridized carbons (Fsp3) is 0.868. The molecule has 0 aromatic carbocycles. The molecule has 7 rings (SSSR count). The maximum absolute atomic E-state index is 11.6. The van der Waals surface area contributed by atoms with Crippen molar-refractivity contribution in [3.63, 3.8) is 0 Å². The molecule has 7 aliphatic carbocycles. The largest absolute Gasteiger partial charge is 0.390 e. The number of rotatable bonds is 15. The van der Waals surface area contributed by atoms with Gasteiger partial charge in [0.05, 0.1) is 12.2 Å². The molecule has 9 nitrogen and oxygen atoms in total. The standard InChI is InChI=1S/C11H18O3.2C11H20O.C10H18O.C9H16O.C8H14O.C7H12O.CH4/c1-6(2)10(13)8-4-7(3)11(14)9(12)5-8;1-8(2)11(12)10-6-4-9(3)5-7-10;1-9(2)11(12)8-10-6-4-3-5-7-10;1-8(2)10(11)9-6-4-3-5-7-9;1-7(2)9(10)8-5-3-4-6-8;1-6(2)8(9)7-4-3-5-7;1-5(2)7(8)6-3-4-6;/h4,6-7,9,11-12,14H,5H2,1-3H3;8-10H,4-7H2,1-3H3;9-10H,3-8H2,1-2H3;8-9H,3-7H2,1-2H3;7-8H,3-6H2,1-2H3;6-7H,3-5H2,1-2H3;5-6H,3-4H2,1-2H3;1H4. The highest BCUT2D eigenvalue weighted by atomic mass is 16.3. The lowest BCUT2D eigenvalue weighted by Crippen LogP contribution is -2.36. The molecule has 0 bridgehead atoms. The third kappa shape index (κ3) is 30.1. The average molecular weight is 1080 g/mol. The van der Waals surface area contributed by atoms with E-state index in [1.54, 1.807) is 13.0 Å². The second-order valence-corrected chi connectivity index (χ2v) is 26.6. The Balaban J connectivity index is 0.000000878. The molecule has 448 valence electrons. The van der Waals surface area contributed by atoms with Crippen molar-refractivity contribution in [2.45, 2.75) is 291 Å². The van der Waals surface area contributed by atoms with Gasteiger partial charge in [0.1, 0.15) is 34.7 Å². The van der Waals surface area contributed by atoms with Gasteiger partial charge in [0, 0.05) is 89.8 Å². The highest BCUT2D eigenvalue weighted by molar-refractivity contribution is 5.97. The fourth-order valence-electron chi connectivity index (χ4n) is 11.2. The van der Waals surface area contributed by atoms with Crippen LogP contribution in [0.4, 0.5) is 0 Å². The Bertz CT molecular complexity index is 1710. The quantitative estimate of drug-likeness (QED) is 0.163. The van der Waals surface area contributed by atoms with E-state index in [1.807, 2.05) is 96.9 Å². The van der Waals surface area contributed by atoms with Gasteiger partial charge in [-0.2, -0.15) is 0 Å². The van der Waals surface area contributed by atoms with Crippen molar-refractivity contribution >= 4 is 40.5 Å². The van der Waals surface area contributed by atoms with E-state index in [4.69, 9.17) is 0 Å². The van der Waals surface area contributed by atoms with Crippen LogP contribution in [0, 0.1) is 88.8 Å². The van der Waals surface area contributed by atoms with Crippen LogP contribution in [0.15, 0.2) is 11.6 Å². The first-order valence-corrected chi connectivity index (χ1v) is 31.4. The first-order chi connectivity index (χ1) is 35.6. The van der Waals surface area contributed by atoms with Gasteiger partial charge >= 0.3 is 0 Å². The topological polar surface area (TPSA) is 160 Å². The minimum Gasteiger partial charge on any atom is -0.390 e. The van der Waals surface area contributed by atoms with Gasteiger partial charge in [-0.3, -0.25) is 33.6 Å². The maximum Gasteiger partial charge on any atom is 0.161 e. The van der Waals surface area contributed by atoms with Crippen LogP contribution in [0.1, 0.15) is 279 Å². The molecule has 0 radical (unpaired) electrons. The summed E-state index contributed by atoms with van der Waals surface area (Å²) in [5.41, 5.74) is 0.658. The van der Waals surface area contributed by atoms with Crippen LogP contribution in [0.25, 0.3) is 0 Å². The first-order valence-electron chi connectivity index (χ1n) is 31.4. The predicted octanol–water partition coefficient (Wildman–Crippen LogP) is 16.6. The minimum atomic E-state index is -0.798. The second-order valence-electron chi connectivity index (χ2n) is 26.6. The Hall–Kier alpha value is -2.65. The highest BCUT2D eigenvalue weighted by Crippen LogP contribution is 2.34. The Morgan fingerprint density at radius 3 is 0.974 bits per heavy atom. The Labute approximate surface area is 473 Å². The number of aliphatic hydroxyl groups is 2. The van der Waals surface area contributed by atoms with Crippen molar-refractivity contribution in [3.05, 3.63) is 11.6 Å². The van der Waals surface area contributed by atoms with Crippen LogP contribution < -0.4 is 0 Å². The van der Waals surface area contributed by atoms with Crippen LogP contribution in [0.2, 0.25) is 0 Å². The van der Waals surface area contributed by atoms with E-state index in [0.29, 0.717) is 75.8 Å². The normalized spacial score (nSPS) is 23.8. The molecule has 2 N–H and O–H groups in total. The van der Waals surface area contributed by atoms with E-state index < -0.39 is 12.2 Å². The van der Waals surface area contributed by atoms with Gasteiger partial charge in [-0.25, -0.2) is 0 Å². The van der Waals surface area contributed by atoms with Crippen LogP contribution in [0.5, 0.6) is 0 Å². The molecule has 0 spiro atoms. The zero-order chi connectivity index (χ0) is 57.8. The summed E-state index contributed by atoms with van der Waals surface area (Å²) in [6.45, 7) is 31.8. The number of carbonyl (C=O) groups excluding carboxylic acids is 7. The summed E-state index contributed by atoms with van der Waals surface area (Å²) in [5.74, 6) is 7.92. The van der Waals surface area contributed by atoms with Gasteiger partial charge in [-0.15, -0.1) is 0 Å². The summed E-state index contributed by atoms with van der Waals surface area (Å²) in [6, 6.07) is 0. The Morgan fingerprint density at radius 2 is 0.701 bits per heavy atom. The molecule has 0 aromatic heterocycles. The highest BCUT2D eigenvalue weighted by Gasteiger charge is 2.32. The van der Waals surface area contributed by atoms with Crippen molar-refractivity contribution < 1.29 is 43.8 Å². The average Bonchev–Trinajstić information content (AvgIpc) is 4.08. The van der Waals surface area contributed by atoms with Gasteiger partial charge < -0.3 is 10.2 Å². The molecule has 6 saturated carbocycles. The second kappa shape index (κ2) is 39.7. The number of aliphatic hydroxyl groups excluding tert-OH is 2. The lowest BCUT2D eigenvalue weighted by Gasteiger charge is -2.28. The molecular formula is C68H122O9. The number of ketones is 7. The van der Waals surface area contributed by atoms with E-state index in [0.717, 1.165) is 76.5 Å². The fourth-order valence-corrected chi connectivity index (χ4v) is 11.2. The van der Waals surface area contributed by atoms with Crippen molar-refractivity contribution in [2.24, 2.45) is 88.8 Å². The van der Waals surface area contributed by atoms with Crippen LogP contribution in [-0.2, 0) is 33.6 Å². The molecule has 0 aromatic rings. The summed E-state index contributed by atoms with van der Waals surface area (Å²) in [7, 11) is 0. The molecular weight excluding hydrogens is 961 g/mol. The van der Waals surface area contributed by atoms with Crippen molar-refractivity contribution in [3.8, 4) is 0 Å². The molecule has 77 heavy (non-hydrogen) atoms. The summed E-state index contributed by atoms with van der Waals surface area (Å²) in [4.78, 5) is 79.5. The van der Waals surface area contributed by atoms with E-state index >= 15 is 0 Å². The summed E-state index contributed by atoms with van der Waals surface area (Å²) >= 11 is 0. The van der Waals surface area contributed by atoms with Gasteiger partial charge in [0.25, 0.3) is 0 Å². The lowest BCUT2D eigenvalue weighted by molar-refractivity contribution is -0.128. The van der Waals surface area contributed by atoms with Crippen molar-refractivity contribution in [1.82, 2.24) is 0 Å². The summed E-state index contributed by atoms with van der Waals surface area (Å²) in [6.07, 6.45) is 29.7. The van der Waals surface area contributed by atoms with Crippen molar-refractivity contribution in [2.75, 3.05) is 0 Å². The maximum atomic E-state index is 11.6. The molecule has 6 fully saturated rings. The first kappa shape index (κ1) is 74.3. The smallest absolute Gasteiger partial charge is 0.161 e. The van der Waals surface area contributed by atoms with Gasteiger partial charge in [0.15, 0.2) is 5.78 Å². The van der Waals surface area contributed by atoms with Crippen LogP contribution >= 0.6 is 0 Å². The number of hydrogen-bond donors (Lipinski definition) is 2. The summed E-state index contributed by atoms with van der Waals surface area (Å²) < 4.78 is 0. The Morgan fingerprint density at radius 1 is 0.403 bits per heavy atom. The molecule has 7 aliphatic rings. The van der Waals surface area contributed by atoms with Crippen LogP contribution in [0.3, 0.4) is 0 Å². The minimum absolute atomic E-state index is 0. The molecule has 0 aliphatic heterocycles. The molecule has 0 amide bonds. The SMILES string of the molecule is C.CC(C)C(=O)C1=CC(C)C(O)C(O)C1.CC(C)C(=O)C1CC1.CC(C)C(=O)C1CCC1.CC(C)C(=O)C1CCCC1.CC(C)C(=O)C1CCCCC1.CC(C)C(=O)CC1CCCCC1.CC1CCC(C(=O)C(C)C)CC1. The number of Topliss-reactive ketones (excluding diaryl/α,β-unsaturated/α-hetero) is 7. The molecule has 9 heteroatoms. The summed E-state index contributed by atoms with van der Waals surface area (Å²) in [5, 5.41) is 19.0. The number of carbonyl (C=O) groups is 7. The monoisotopic (exact) mass is 1080 g/mol. The van der Waals surface area contributed by atoms with Crippen LogP contribution in [-0.4, -0.2) is 62.9 Å². The van der Waals surface area contributed by atoms with Gasteiger partial charge in [0.2, 0.25) is 0 Å². The molecule has 0 saturated heterocycles. The van der Waals surface area contributed by atoms with E-state index in [2.05, 4.69) is 6.92 Å². The third-order valence-corrected chi connectivity index (χ3v) is 17.0. The number of hydrogen-bond acceptors (Lipinski definition) is 9. The zero-order valence-electron chi connectivity index (χ0n) is 51.8. The predicted molar refractivity (Wildman–Crippen MR) is 320 cm³/mol. The van der Waals surface area contributed by atoms with E-state index in [-0.39, 0.29) is 67.0 Å². The molecule has 0 heterocycles. The Kier molecular flexibility index (Phi) is 38.3. The zero-order valence-corrected chi connectivity index (χ0v) is 51.8. The lowest BCUT2D eigenvalue weighted by atomic mass is 9.78. The van der Waals surface area contributed by atoms with Gasteiger partial charge in [-0.1, -0.05) is 208 Å². The van der Waals surface area contributed by atoms with Crippen molar-refractivity contribution in [1.29, 1.82) is 0 Å². The third-order valence-electron chi connectivity index (χ3n) is 17.0. The van der Waals surface area contributed by atoms with Gasteiger partial charge in [-0.05, 0) is 81.6 Å².